The maximum absolute atomic E-state index is 14.2. The fourth-order valence-corrected chi connectivity index (χ4v) is 13.0. The third-order valence-corrected chi connectivity index (χ3v) is 17.5. The van der Waals surface area contributed by atoms with Crippen LogP contribution < -0.4 is 25.6 Å². The highest BCUT2D eigenvalue weighted by atomic mass is 16.5. The van der Waals surface area contributed by atoms with Gasteiger partial charge in [0, 0.05) is 92.0 Å². The number of ether oxygens (including phenoxy) is 1. The number of terminal acetylenes is 1. The van der Waals surface area contributed by atoms with Gasteiger partial charge in [0.05, 0.1) is 17.0 Å². The van der Waals surface area contributed by atoms with E-state index in [1.54, 1.807) is 18.3 Å². The highest BCUT2D eigenvalue weighted by Gasteiger charge is 2.44. The van der Waals surface area contributed by atoms with Crippen molar-refractivity contribution >= 4 is 56.9 Å². The minimum absolute atomic E-state index is 0.0296. The Morgan fingerprint density at radius 1 is 0.900 bits per heavy atom. The maximum atomic E-state index is 14.2. The fraction of sp³-hybridized carbons (Fsp3) is 0.516. The van der Waals surface area contributed by atoms with Crippen LogP contribution in [0.3, 0.4) is 0 Å². The van der Waals surface area contributed by atoms with Crippen LogP contribution in [-0.2, 0) is 20.9 Å². The summed E-state index contributed by atoms with van der Waals surface area (Å²) in [6, 6.07) is 14.6. The molecule has 5 unspecified atom stereocenters. The van der Waals surface area contributed by atoms with Gasteiger partial charge < -0.3 is 40.9 Å². The molecule has 3 saturated heterocycles. The number of allylic oxidation sites excluding steroid dienone is 2. The Kier molecular flexibility index (Phi) is 17.4. The van der Waals surface area contributed by atoms with E-state index in [9.17, 15) is 29.7 Å². The number of phenols is 2. The third kappa shape index (κ3) is 12.7. The number of hydrogen-bond donors (Lipinski definition) is 6. The van der Waals surface area contributed by atoms with Crippen molar-refractivity contribution in [3.63, 3.8) is 0 Å². The molecule has 16 heteroatoms. The van der Waals surface area contributed by atoms with Crippen LogP contribution in [0.5, 0.6) is 23.3 Å². The van der Waals surface area contributed by atoms with Crippen LogP contribution in [0.2, 0.25) is 0 Å². The van der Waals surface area contributed by atoms with Crippen LogP contribution in [0.25, 0.3) is 38.5 Å². The van der Waals surface area contributed by atoms with Crippen LogP contribution in [0.1, 0.15) is 141 Å². The molecule has 2 bridgehead atoms. The quantitative estimate of drug-likeness (QED) is 0.0299. The monoisotopic (exact) mass is 1090 g/mol. The zero-order valence-electron chi connectivity index (χ0n) is 47.0. The number of rotatable bonds is 21. The van der Waals surface area contributed by atoms with Crippen molar-refractivity contribution in [3.05, 3.63) is 77.1 Å². The number of nitrogens with one attached hydrogen (secondary N) is 3. The molecule has 3 aromatic carbocycles. The van der Waals surface area contributed by atoms with Crippen LogP contribution in [0, 0.1) is 35.5 Å². The molecule has 5 atom stereocenters. The van der Waals surface area contributed by atoms with Gasteiger partial charge in [-0.3, -0.25) is 29.3 Å². The zero-order chi connectivity index (χ0) is 56.1. The Bertz CT molecular complexity index is 3200. The van der Waals surface area contributed by atoms with E-state index in [0.717, 1.165) is 114 Å². The predicted molar refractivity (Wildman–Crippen MR) is 314 cm³/mol. The van der Waals surface area contributed by atoms with Crippen molar-refractivity contribution in [3.8, 4) is 46.9 Å². The molecule has 4 fully saturated rings. The number of phenolic OH excluding ortho intramolecular Hbond substituents is 2. The molecule has 6 N–H and O–H groups in total. The van der Waals surface area contributed by atoms with Crippen molar-refractivity contribution in [1.29, 1.82) is 0 Å². The number of Topliss-reactive ketones (excluding diaryl/α,β-unsaturated/α-hetero) is 1. The molecule has 1 aliphatic carbocycles. The lowest BCUT2D eigenvalue weighted by Gasteiger charge is -2.34. The van der Waals surface area contributed by atoms with Crippen LogP contribution in [0.15, 0.2) is 65.4 Å². The van der Waals surface area contributed by atoms with Gasteiger partial charge >= 0.3 is 6.01 Å². The average Bonchev–Trinajstić information content (AvgIpc) is 4.22. The molecule has 80 heavy (non-hydrogen) atoms. The predicted octanol–water partition coefficient (Wildman–Crippen LogP) is 9.74. The maximum Gasteiger partial charge on any atom is 0.319 e. The summed E-state index contributed by atoms with van der Waals surface area (Å²) in [6.07, 6.45) is 23.5. The fourth-order valence-electron chi connectivity index (χ4n) is 13.0. The van der Waals surface area contributed by atoms with Crippen molar-refractivity contribution in [2.45, 2.75) is 149 Å². The number of piperazine rings is 1. The number of aromatic hydroxyl groups is 3. The second kappa shape index (κ2) is 24.7. The standard InChI is InChI=1S/C64H79N9O7/c1-6-47-53(75)24-21-43-33-46(74)34-51(55(43)47)56-59(78)57-52(36-66-56)61(73-37-44-22-23-45(38-73)68-44)71-63(70-57)80-32-31-72-29-26-40(27-30-72)13-10-8-7-9-11-16-54(76)69-60(64(3,4)5)58(77)49-14-12-15-50(49)62(79)67-35-41-17-19-42(20-18-41)48-25-28-65-39(48)2/h1,17-21,24,28,33-34,36,40,44-45,49-50,60,68,74-75,78H,7-16,22-23,25-27,29-32,35,37-38H2,2-5H3,(H,67,79)(H,69,76). The lowest BCUT2D eigenvalue weighted by Crippen LogP contribution is -2.52. The summed E-state index contributed by atoms with van der Waals surface area (Å²) in [5, 5.41) is 45.0. The van der Waals surface area contributed by atoms with Gasteiger partial charge in [0.2, 0.25) is 11.8 Å². The minimum atomic E-state index is -0.660. The summed E-state index contributed by atoms with van der Waals surface area (Å²) >= 11 is 0. The lowest BCUT2D eigenvalue weighted by molar-refractivity contribution is -0.137. The summed E-state index contributed by atoms with van der Waals surface area (Å²) in [7, 11) is 0. The van der Waals surface area contributed by atoms with Crippen molar-refractivity contribution < 1.29 is 34.4 Å². The summed E-state index contributed by atoms with van der Waals surface area (Å²) < 4.78 is 6.33. The van der Waals surface area contributed by atoms with Crippen molar-refractivity contribution in [2.24, 2.45) is 28.2 Å². The molecule has 2 amide bonds. The van der Waals surface area contributed by atoms with Gasteiger partial charge in [0.25, 0.3) is 0 Å². The Morgan fingerprint density at radius 2 is 1.64 bits per heavy atom. The molecule has 422 valence electrons. The first-order valence-corrected chi connectivity index (χ1v) is 29.3. The van der Waals surface area contributed by atoms with E-state index in [1.165, 1.54) is 24.1 Å². The number of anilines is 1. The summed E-state index contributed by atoms with van der Waals surface area (Å²) in [4.78, 5) is 64.6. The molecular formula is C64H79N9O7. The number of fused-ring (bicyclic) bond motifs is 4. The molecule has 0 radical (unpaired) electrons. The highest BCUT2D eigenvalue weighted by molar-refractivity contribution is 6.06. The van der Waals surface area contributed by atoms with E-state index >= 15 is 0 Å². The second-order valence-electron chi connectivity index (χ2n) is 24.1. The highest BCUT2D eigenvalue weighted by Crippen LogP contribution is 2.44. The van der Waals surface area contributed by atoms with Gasteiger partial charge in [0.15, 0.2) is 11.5 Å². The lowest BCUT2D eigenvalue weighted by atomic mass is 9.77. The Balaban J connectivity index is 0.657. The van der Waals surface area contributed by atoms with Gasteiger partial charge in [-0.1, -0.05) is 95.5 Å². The molecule has 1 saturated carbocycles. The third-order valence-electron chi connectivity index (χ3n) is 17.5. The number of hydrogen-bond acceptors (Lipinski definition) is 14. The second-order valence-corrected chi connectivity index (χ2v) is 24.1. The van der Waals surface area contributed by atoms with E-state index in [2.05, 4.69) is 48.8 Å². The number of likely N-dealkylation sites (tertiary alicyclic amines) is 1. The van der Waals surface area contributed by atoms with Gasteiger partial charge in [-0.15, -0.1) is 6.42 Å². The van der Waals surface area contributed by atoms with Gasteiger partial charge in [-0.25, -0.2) is 0 Å². The van der Waals surface area contributed by atoms with E-state index in [1.807, 2.05) is 46.0 Å². The number of aliphatic imine (C=N–C) groups is 1. The van der Waals surface area contributed by atoms with Gasteiger partial charge in [-0.05, 0) is 117 Å². The van der Waals surface area contributed by atoms with E-state index < -0.39 is 23.3 Å². The number of unbranched alkanes of at least 4 members (excludes halogenated alkanes) is 4. The number of benzene rings is 3. The molecular weight excluding hydrogens is 1010 g/mol. The molecule has 6 heterocycles. The van der Waals surface area contributed by atoms with Crippen LogP contribution in [0.4, 0.5) is 5.82 Å². The Hall–Kier alpha value is -7.09. The Labute approximate surface area is 470 Å². The van der Waals surface area contributed by atoms with Crippen molar-refractivity contribution in [1.82, 2.24) is 35.8 Å². The van der Waals surface area contributed by atoms with E-state index in [0.29, 0.717) is 84.5 Å². The SMILES string of the molecule is C#Cc1c(O)ccc2cc(O)cc(-c3ncc4c(N5CC6CCC(C5)N6)nc(OCCN5CCC(CCCCCCCC(=O)NC(C(=O)C6CCCC6C(=O)NCc6ccc(C7=C(C)N=CC7)cc6)C(C)(C)C)CC5)nc4c3O)c12. The molecule has 4 aliphatic heterocycles. The van der Waals surface area contributed by atoms with Crippen LogP contribution >= 0.6 is 0 Å². The summed E-state index contributed by atoms with van der Waals surface area (Å²) in [5.41, 5.74) is 4.96. The average molecular weight is 1090 g/mol. The van der Waals surface area contributed by atoms with E-state index in [-0.39, 0.29) is 57.6 Å². The normalized spacial score (nSPS) is 20.9. The first kappa shape index (κ1) is 56.2. The molecule has 10 rings (SSSR count). The zero-order valence-corrected chi connectivity index (χ0v) is 47.0. The number of carbonyl (C=O) groups is 3. The largest absolute Gasteiger partial charge is 0.508 e. The number of piperidine rings is 1. The molecule has 5 aliphatic rings. The van der Waals surface area contributed by atoms with Gasteiger partial charge in [-0.2, -0.15) is 9.97 Å². The number of amides is 2. The molecule has 16 nitrogen and oxygen atoms in total. The number of ketones is 1. The molecule has 5 aromatic rings. The number of pyridine rings is 1. The molecule has 2 aromatic heterocycles. The first-order valence-electron chi connectivity index (χ1n) is 29.3. The minimum Gasteiger partial charge on any atom is -0.508 e. The smallest absolute Gasteiger partial charge is 0.319 e. The molecule has 0 spiro atoms. The summed E-state index contributed by atoms with van der Waals surface area (Å²) in [6.45, 7) is 12.9. The topological polar surface area (TPSA) is 215 Å². The Morgan fingerprint density at radius 3 is 2.36 bits per heavy atom. The number of aromatic nitrogens is 3. The number of nitrogens with zero attached hydrogens (tertiary/aromatic N) is 6. The number of carbonyl (C=O) groups excluding carboxylic acids is 3. The summed E-state index contributed by atoms with van der Waals surface area (Å²) in [5.74, 6) is 2.52. The first-order chi connectivity index (χ1) is 38.6. The van der Waals surface area contributed by atoms with E-state index in [4.69, 9.17) is 26.1 Å². The van der Waals surface area contributed by atoms with Gasteiger partial charge in [0.1, 0.15) is 35.1 Å². The van der Waals surface area contributed by atoms with Crippen LogP contribution in [-0.4, -0.2) is 116 Å². The van der Waals surface area contributed by atoms with Crippen molar-refractivity contribution in [2.75, 3.05) is 44.2 Å².